The second kappa shape index (κ2) is 7.63. The number of hydrogen-bond acceptors (Lipinski definition) is 5. The molecule has 1 saturated heterocycles. The van der Waals surface area contributed by atoms with E-state index >= 15 is 0 Å². The van der Waals surface area contributed by atoms with E-state index in [4.69, 9.17) is 0 Å². The van der Waals surface area contributed by atoms with Gasteiger partial charge >= 0.3 is 6.09 Å². The van der Waals surface area contributed by atoms with Crippen LogP contribution in [0.4, 0.5) is 4.79 Å². The SMILES string of the molecule is COC(=O)NC(C(=O)N1CCCC1C(=O)NC(C)C)C(C)(C)O. The molecule has 0 saturated carbocycles. The number of carbonyl (C=O) groups is 3. The summed E-state index contributed by atoms with van der Waals surface area (Å²) in [5.74, 6) is -0.720. The van der Waals surface area contributed by atoms with Crippen molar-refractivity contribution in [3.05, 3.63) is 0 Å². The van der Waals surface area contributed by atoms with Crippen LogP contribution < -0.4 is 10.6 Å². The van der Waals surface area contributed by atoms with Crippen molar-refractivity contribution in [1.29, 1.82) is 0 Å². The quantitative estimate of drug-likeness (QED) is 0.658. The Hall–Kier alpha value is -1.83. The lowest BCUT2D eigenvalue weighted by atomic mass is 9.97. The number of ether oxygens (including phenoxy) is 1. The van der Waals surface area contributed by atoms with E-state index in [-0.39, 0.29) is 11.9 Å². The van der Waals surface area contributed by atoms with E-state index in [9.17, 15) is 19.5 Å². The maximum atomic E-state index is 12.8. The third-order valence-electron chi connectivity index (χ3n) is 3.67. The van der Waals surface area contributed by atoms with Gasteiger partial charge in [-0.2, -0.15) is 0 Å². The van der Waals surface area contributed by atoms with E-state index in [1.807, 2.05) is 13.8 Å². The molecule has 3 N–H and O–H groups in total. The minimum absolute atomic E-state index is 0.0293. The number of rotatable bonds is 5. The summed E-state index contributed by atoms with van der Waals surface area (Å²) >= 11 is 0. The fraction of sp³-hybridized carbons (Fsp3) is 0.800. The second-order valence-electron chi connectivity index (χ2n) is 6.58. The molecule has 1 fully saturated rings. The van der Waals surface area contributed by atoms with Gasteiger partial charge in [-0.1, -0.05) is 0 Å². The maximum absolute atomic E-state index is 12.8. The molecule has 0 aromatic carbocycles. The monoisotopic (exact) mass is 329 g/mol. The van der Waals surface area contributed by atoms with Gasteiger partial charge in [0.25, 0.3) is 0 Å². The van der Waals surface area contributed by atoms with Crippen molar-refractivity contribution in [3.8, 4) is 0 Å². The van der Waals surface area contributed by atoms with Crippen LogP contribution in [0.5, 0.6) is 0 Å². The number of nitrogens with one attached hydrogen (secondary N) is 2. The normalized spacial score (nSPS) is 19.4. The summed E-state index contributed by atoms with van der Waals surface area (Å²) in [5.41, 5.74) is -1.49. The van der Waals surface area contributed by atoms with Crippen molar-refractivity contribution in [2.75, 3.05) is 13.7 Å². The van der Waals surface area contributed by atoms with Crippen LogP contribution in [0.15, 0.2) is 0 Å². The fourth-order valence-corrected chi connectivity index (χ4v) is 2.57. The molecular formula is C15H27N3O5. The van der Waals surface area contributed by atoms with Gasteiger partial charge < -0.3 is 25.4 Å². The summed E-state index contributed by atoms with van der Waals surface area (Å²) in [6, 6.07) is -1.81. The van der Waals surface area contributed by atoms with E-state index in [2.05, 4.69) is 15.4 Å². The van der Waals surface area contributed by atoms with Crippen molar-refractivity contribution in [3.63, 3.8) is 0 Å². The van der Waals surface area contributed by atoms with E-state index in [1.165, 1.54) is 25.9 Å². The molecule has 23 heavy (non-hydrogen) atoms. The van der Waals surface area contributed by atoms with Crippen LogP contribution in [0.1, 0.15) is 40.5 Å². The zero-order valence-electron chi connectivity index (χ0n) is 14.4. The Morgan fingerprint density at radius 3 is 2.35 bits per heavy atom. The summed E-state index contributed by atoms with van der Waals surface area (Å²) in [6.45, 7) is 6.94. The van der Waals surface area contributed by atoms with Crippen LogP contribution >= 0.6 is 0 Å². The standard InChI is InChI=1S/C15H27N3O5/c1-9(2)16-12(19)10-7-6-8-18(10)13(20)11(15(3,4)22)17-14(21)23-5/h9-11,22H,6-8H2,1-5H3,(H,16,19)(H,17,21). The molecule has 2 atom stereocenters. The van der Waals surface area contributed by atoms with Gasteiger partial charge in [0, 0.05) is 12.6 Å². The van der Waals surface area contributed by atoms with Gasteiger partial charge in [0.15, 0.2) is 0 Å². The number of nitrogens with zero attached hydrogens (tertiary/aromatic N) is 1. The molecule has 8 nitrogen and oxygen atoms in total. The zero-order valence-corrected chi connectivity index (χ0v) is 14.4. The average molecular weight is 329 g/mol. The fourth-order valence-electron chi connectivity index (χ4n) is 2.57. The highest BCUT2D eigenvalue weighted by Crippen LogP contribution is 2.22. The largest absolute Gasteiger partial charge is 0.453 e. The van der Waals surface area contributed by atoms with Gasteiger partial charge in [0.05, 0.1) is 12.7 Å². The van der Waals surface area contributed by atoms with Crippen molar-refractivity contribution < 1.29 is 24.2 Å². The van der Waals surface area contributed by atoms with Gasteiger partial charge in [-0.25, -0.2) is 4.79 Å². The van der Waals surface area contributed by atoms with Crippen LogP contribution in [0, 0.1) is 0 Å². The number of methoxy groups -OCH3 is 1. The number of likely N-dealkylation sites (tertiary alicyclic amines) is 1. The molecular weight excluding hydrogens is 302 g/mol. The third kappa shape index (κ3) is 5.09. The molecule has 0 bridgehead atoms. The summed E-state index contributed by atoms with van der Waals surface area (Å²) < 4.78 is 4.50. The first-order chi connectivity index (χ1) is 10.6. The number of carbonyl (C=O) groups excluding carboxylic acids is 3. The molecule has 0 aromatic rings. The van der Waals surface area contributed by atoms with E-state index in [0.29, 0.717) is 19.4 Å². The molecule has 0 radical (unpaired) electrons. The Bertz CT molecular complexity index is 459. The predicted octanol–water partition coefficient (Wildman–Crippen LogP) is -0.00250. The molecule has 0 aromatic heterocycles. The van der Waals surface area contributed by atoms with Gasteiger partial charge in [-0.3, -0.25) is 9.59 Å². The van der Waals surface area contributed by atoms with E-state index < -0.39 is 29.7 Å². The third-order valence-corrected chi connectivity index (χ3v) is 3.67. The van der Waals surface area contributed by atoms with Crippen LogP contribution in [-0.4, -0.2) is 65.3 Å². The number of alkyl carbamates (subject to hydrolysis) is 1. The highest BCUT2D eigenvalue weighted by Gasteiger charge is 2.43. The lowest BCUT2D eigenvalue weighted by Crippen LogP contribution is -2.60. The molecule has 2 unspecified atom stereocenters. The lowest BCUT2D eigenvalue weighted by Gasteiger charge is -2.34. The highest BCUT2D eigenvalue weighted by molar-refractivity contribution is 5.92. The van der Waals surface area contributed by atoms with Gasteiger partial charge in [0.2, 0.25) is 11.8 Å². The summed E-state index contributed by atoms with van der Waals surface area (Å²) in [7, 11) is 1.18. The summed E-state index contributed by atoms with van der Waals surface area (Å²) in [4.78, 5) is 37.9. The Labute approximate surface area is 136 Å². The van der Waals surface area contributed by atoms with Gasteiger partial charge in [0.1, 0.15) is 12.1 Å². The first kappa shape index (κ1) is 19.2. The number of amides is 3. The summed E-state index contributed by atoms with van der Waals surface area (Å²) in [6.07, 6.45) is 0.438. The van der Waals surface area contributed by atoms with Crippen molar-refractivity contribution in [2.24, 2.45) is 0 Å². The Kier molecular flexibility index (Phi) is 6.37. The van der Waals surface area contributed by atoms with Crippen LogP contribution in [0.25, 0.3) is 0 Å². The Morgan fingerprint density at radius 2 is 1.87 bits per heavy atom. The van der Waals surface area contributed by atoms with Crippen molar-refractivity contribution in [1.82, 2.24) is 15.5 Å². The molecule has 8 heteroatoms. The van der Waals surface area contributed by atoms with Crippen LogP contribution in [0.3, 0.4) is 0 Å². The van der Waals surface area contributed by atoms with Crippen LogP contribution in [0.2, 0.25) is 0 Å². The Balaban J connectivity index is 2.93. The van der Waals surface area contributed by atoms with E-state index in [1.54, 1.807) is 0 Å². The lowest BCUT2D eigenvalue weighted by molar-refractivity contribution is -0.144. The predicted molar refractivity (Wildman–Crippen MR) is 83.6 cm³/mol. The molecule has 1 aliphatic rings. The van der Waals surface area contributed by atoms with Crippen molar-refractivity contribution in [2.45, 2.75) is 64.3 Å². The van der Waals surface area contributed by atoms with E-state index in [0.717, 1.165) is 0 Å². The molecule has 0 spiro atoms. The molecule has 1 aliphatic heterocycles. The molecule has 1 heterocycles. The average Bonchev–Trinajstić information content (AvgIpc) is 2.91. The zero-order chi connectivity index (χ0) is 17.8. The van der Waals surface area contributed by atoms with Gasteiger partial charge in [-0.15, -0.1) is 0 Å². The topological polar surface area (TPSA) is 108 Å². The minimum Gasteiger partial charge on any atom is -0.453 e. The molecule has 3 amide bonds. The minimum atomic E-state index is -1.49. The molecule has 1 rings (SSSR count). The van der Waals surface area contributed by atoms with Gasteiger partial charge in [-0.05, 0) is 40.5 Å². The highest BCUT2D eigenvalue weighted by atomic mass is 16.5. The molecule has 0 aliphatic carbocycles. The van der Waals surface area contributed by atoms with Crippen molar-refractivity contribution >= 4 is 17.9 Å². The number of hydrogen-bond donors (Lipinski definition) is 3. The smallest absolute Gasteiger partial charge is 0.407 e. The maximum Gasteiger partial charge on any atom is 0.407 e. The number of aliphatic hydroxyl groups is 1. The Morgan fingerprint density at radius 1 is 1.26 bits per heavy atom. The summed E-state index contributed by atoms with van der Waals surface area (Å²) in [5, 5.41) is 15.3. The van der Waals surface area contributed by atoms with Crippen LogP contribution in [-0.2, 0) is 14.3 Å². The second-order valence-corrected chi connectivity index (χ2v) is 6.58. The molecule has 132 valence electrons. The first-order valence-electron chi connectivity index (χ1n) is 7.75. The first-order valence-corrected chi connectivity index (χ1v) is 7.75.